The summed E-state index contributed by atoms with van der Waals surface area (Å²) in [6, 6.07) is 5.83. The highest BCUT2D eigenvalue weighted by Crippen LogP contribution is 2.30. The standard InChI is InChI=1S/C13H18O3/c1-5-10(13(14)16-4)11-8-9(2)6-7-12(11)15-3/h6-8,10H,5H2,1-4H3. The molecule has 0 bridgehead atoms. The third-order valence-electron chi connectivity index (χ3n) is 2.65. The van der Waals surface area contributed by atoms with Crippen molar-refractivity contribution in [3.63, 3.8) is 0 Å². The lowest BCUT2D eigenvalue weighted by molar-refractivity contribution is -0.142. The van der Waals surface area contributed by atoms with Gasteiger partial charge in [-0.05, 0) is 19.4 Å². The number of esters is 1. The number of aryl methyl sites for hydroxylation is 1. The number of carbonyl (C=O) groups excluding carboxylic acids is 1. The highest BCUT2D eigenvalue weighted by atomic mass is 16.5. The van der Waals surface area contributed by atoms with E-state index in [9.17, 15) is 4.79 Å². The zero-order valence-corrected chi connectivity index (χ0v) is 10.2. The number of benzene rings is 1. The molecule has 1 unspecified atom stereocenters. The Balaban J connectivity index is 3.17. The quantitative estimate of drug-likeness (QED) is 0.735. The number of hydrogen-bond donors (Lipinski definition) is 0. The predicted octanol–water partition coefficient (Wildman–Crippen LogP) is 2.67. The number of carbonyl (C=O) groups is 1. The largest absolute Gasteiger partial charge is 0.496 e. The van der Waals surface area contributed by atoms with E-state index in [1.165, 1.54) is 7.11 Å². The van der Waals surface area contributed by atoms with E-state index in [0.717, 1.165) is 16.9 Å². The van der Waals surface area contributed by atoms with E-state index >= 15 is 0 Å². The van der Waals surface area contributed by atoms with Gasteiger partial charge in [-0.1, -0.05) is 24.6 Å². The zero-order chi connectivity index (χ0) is 12.1. The van der Waals surface area contributed by atoms with Gasteiger partial charge in [-0.3, -0.25) is 4.79 Å². The summed E-state index contributed by atoms with van der Waals surface area (Å²) in [7, 11) is 3.02. The van der Waals surface area contributed by atoms with Crippen molar-refractivity contribution >= 4 is 5.97 Å². The third kappa shape index (κ3) is 2.54. The summed E-state index contributed by atoms with van der Waals surface area (Å²) in [4.78, 5) is 11.6. The van der Waals surface area contributed by atoms with Gasteiger partial charge >= 0.3 is 5.97 Å². The van der Waals surface area contributed by atoms with Crippen molar-refractivity contribution in [1.29, 1.82) is 0 Å². The Morgan fingerprint density at radius 3 is 2.56 bits per heavy atom. The third-order valence-corrected chi connectivity index (χ3v) is 2.65. The lowest BCUT2D eigenvalue weighted by Crippen LogP contribution is -2.14. The van der Waals surface area contributed by atoms with Gasteiger partial charge in [0.2, 0.25) is 0 Å². The molecule has 0 aromatic heterocycles. The van der Waals surface area contributed by atoms with E-state index in [-0.39, 0.29) is 11.9 Å². The van der Waals surface area contributed by atoms with E-state index in [1.54, 1.807) is 7.11 Å². The molecule has 0 saturated heterocycles. The summed E-state index contributed by atoms with van der Waals surface area (Å²) in [5.74, 6) is 0.272. The molecule has 0 saturated carbocycles. The summed E-state index contributed by atoms with van der Waals surface area (Å²) in [5, 5.41) is 0. The first-order valence-electron chi connectivity index (χ1n) is 5.36. The molecule has 1 aromatic carbocycles. The maximum atomic E-state index is 11.6. The normalized spacial score (nSPS) is 12.0. The van der Waals surface area contributed by atoms with Gasteiger partial charge in [0.15, 0.2) is 0 Å². The molecule has 3 heteroatoms. The highest BCUT2D eigenvalue weighted by Gasteiger charge is 2.22. The second kappa shape index (κ2) is 5.54. The van der Waals surface area contributed by atoms with Gasteiger partial charge < -0.3 is 9.47 Å². The molecule has 0 N–H and O–H groups in total. The first-order valence-corrected chi connectivity index (χ1v) is 5.36. The maximum absolute atomic E-state index is 11.6. The van der Waals surface area contributed by atoms with Crippen LogP contribution in [0.15, 0.2) is 18.2 Å². The Bertz CT molecular complexity index is 371. The summed E-state index contributed by atoms with van der Waals surface area (Å²) in [6.45, 7) is 3.95. The summed E-state index contributed by atoms with van der Waals surface area (Å²) < 4.78 is 10.1. The summed E-state index contributed by atoms with van der Waals surface area (Å²) >= 11 is 0. The number of hydrogen-bond acceptors (Lipinski definition) is 3. The molecule has 1 rings (SSSR count). The summed E-state index contributed by atoms with van der Waals surface area (Å²) in [6.07, 6.45) is 0.701. The monoisotopic (exact) mass is 222 g/mol. The van der Waals surface area contributed by atoms with E-state index in [0.29, 0.717) is 6.42 Å². The van der Waals surface area contributed by atoms with Gasteiger partial charge in [-0.25, -0.2) is 0 Å². The Labute approximate surface area is 96.4 Å². The highest BCUT2D eigenvalue weighted by molar-refractivity contribution is 5.79. The Morgan fingerprint density at radius 2 is 2.06 bits per heavy atom. The minimum atomic E-state index is -0.250. The average molecular weight is 222 g/mol. The predicted molar refractivity (Wildman–Crippen MR) is 62.8 cm³/mol. The second-order valence-corrected chi connectivity index (χ2v) is 3.73. The fraction of sp³-hybridized carbons (Fsp3) is 0.462. The lowest BCUT2D eigenvalue weighted by Gasteiger charge is -2.16. The van der Waals surface area contributed by atoms with Crippen molar-refractivity contribution in [1.82, 2.24) is 0 Å². The molecule has 16 heavy (non-hydrogen) atoms. The molecule has 0 spiro atoms. The first kappa shape index (κ1) is 12.6. The van der Waals surface area contributed by atoms with Gasteiger partial charge in [0.1, 0.15) is 5.75 Å². The SMILES string of the molecule is CCC(C(=O)OC)c1cc(C)ccc1OC. The molecule has 0 aliphatic carbocycles. The van der Waals surface area contributed by atoms with E-state index < -0.39 is 0 Å². The summed E-state index contributed by atoms with van der Waals surface area (Å²) in [5.41, 5.74) is 2.01. The fourth-order valence-corrected chi connectivity index (χ4v) is 1.78. The van der Waals surface area contributed by atoms with Crippen LogP contribution in [-0.4, -0.2) is 20.2 Å². The molecule has 0 aliphatic rings. The van der Waals surface area contributed by atoms with Crippen LogP contribution < -0.4 is 4.74 Å². The van der Waals surface area contributed by atoms with Crippen LogP contribution in [0.5, 0.6) is 5.75 Å². The molecule has 1 atom stereocenters. The Hall–Kier alpha value is -1.51. The fourth-order valence-electron chi connectivity index (χ4n) is 1.78. The van der Waals surface area contributed by atoms with E-state index in [4.69, 9.17) is 9.47 Å². The van der Waals surface area contributed by atoms with Crippen LogP contribution in [0.25, 0.3) is 0 Å². The van der Waals surface area contributed by atoms with Crippen molar-refractivity contribution in [2.45, 2.75) is 26.2 Å². The van der Waals surface area contributed by atoms with Crippen molar-refractivity contribution in [3.8, 4) is 5.75 Å². The Morgan fingerprint density at radius 1 is 1.38 bits per heavy atom. The second-order valence-electron chi connectivity index (χ2n) is 3.73. The van der Waals surface area contributed by atoms with E-state index in [1.807, 2.05) is 32.0 Å². The smallest absolute Gasteiger partial charge is 0.313 e. The molecule has 0 radical (unpaired) electrons. The minimum absolute atomic E-state index is 0.216. The van der Waals surface area contributed by atoms with Crippen LogP contribution >= 0.6 is 0 Å². The first-order chi connectivity index (χ1) is 7.63. The molecule has 0 heterocycles. The average Bonchev–Trinajstić information content (AvgIpc) is 2.30. The van der Waals surface area contributed by atoms with Crippen LogP contribution in [0.4, 0.5) is 0 Å². The number of ether oxygens (including phenoxy) is 2. The molecule has 88 valence electrons. The molecule has 1 aromatic rings. The maximum Gasteiger partial charge on any atom is 0.313 e. The molecule has 0 amide bonds. The van der Waals surface area contributed by atoms with Crippen LogP contribution in [0.1, 0.15) is 30.4 Å². The number of methoxy groups -OCH3 is 2. The van der Waals surface area contributed by atoms with Gasteiger partial charge in [0.05, 0.1) is 20.1 Å². The van der Waals surface area contributed by atoms with Crippen LogP contribution in [0.2, 0.25) is 0 Å². The molecular formula is C13H18O3. The van der Waals surface area contributed by atoms with Crippen LogP contribution in [0.3, 0.4) is 0 Å². The van der Waals surface area contributed by atoms with E-state index in [2.05, 4.69) is 0 Å². The van der Waals surface area contributed by atoms with Gasteiger partial charge in [0.25, 0.3) is 0 Å². The molecule has 0 fully saturated rings. The lowest BCUT2D eigenvalue weighted by atomic mass is 9.94. The Kier molecular flexibility index (Phi) is 4.35. The number of rotatable bonds is 4. The van der Waals surface area contributed by atoms with Crippen molar-refractivity contribution in [2.24, 2.45) is 0 Å². The van der Waals surface area contributed by atoms with Gasteiger partial charge in [0, 0.05) is 5.56 Å². The van der Waals surface area contributed by atoms with Gasteiger partial charge in [-0.2, -0.15) is 0 Å². The molecular weight excluding hydrogens is 204 g/mol. The topological polar surface area (TPSA) is 35.5 Å². The van der Waals surface area contributed by atoms with Crippen LogP contribution in [-0.2, 0) is 9.53 Å². The van der Waals surface area contributed by atoms with Crippen LogP contribution in [0, 0.1) is 6.92 Å². The van der Waals surface area contributed by atoms with Gasteiger partial charge in [-0.15, -0.1) is 0 Å². The zero-order valence-electron chi connectivity index (χ0n) is 10.2. The van der Waals surface area contributed by atoms with Crippen molar-refractivity contribution in [3.05, 3.63) is 29.3 Å². The molecule has 0 aliphatic heterocycles. The van der Waals surface area contributed by atoms with Crippen molar-refractivity contribution in [2.75, 3.05) is 14.2 Å². The van der Waals surface area contributed by atoms with Crippen molar-refractivity contribution < 1.29 is 14.3 Å². The molecule has 3 nitrogen and oxygen atoms in total. The minimum Gasteiger partial charge on any atom is -0.496 e.